The average molecular weight is 499 g/mol. The van der Waals surface area contributed by atoms with Gasteiger partial charge in [0, 0.05) is 23.6 Å². The van der Waals surface area contributed by atoms with E-state index >= 15 is 0 Å². The molecule has 0 aliphatic heterocycles. The van der Waals surface area contributed by atoms with Gasteiger partial charge in [0.25, 0.3) is 0 Å². The van der Waals surface area contributed by atoms with Gasteiger partial charge in [-0.2, -0.15) is 0 Å². The minimum Gasteiger partial charge on any atom is -0.459 e. The van der Waals surface area contributed by atoms with E-state index in [2.05, 4.69) is 6.92 Å². The molecule has 2 atom stereocenters. The van der Waals surface area contributed by atoms with Gasteiger partial charge in [-0.1, -0.05) is 85.1 Å². The van der Waals surface area contributed by atoms with E-state index in [0.717, 1.165) is 35.1 Å². The van der Waals surface area contributed by atoms with E-state index in [1.807, 2.05) is 62.4 Å². The van der Waals surface area contributed by atoms with Crippen molar-refractivity contribution in [2.75, 3.05) is 0 Å². The van der Waals surface area contributed by atoms with Crippen molar-refractivity contribution in [2.45, 2.75) is 55.6 Å². The number of aryl methyl sites for hydroxylation is 3. The Balaban J connectivity index is 1.66. The van der Waals surface area contributed by atoms with E-state index in [1.165, 1.54) is 17.7 Å². The van der Waals surface area contributed by atoms with Crippen molar-refractivity contribution in [2.24, 2.45) is 0 Å². The fourth-order valence-electron chi connectivity index (χ4n) is 5.01. The van der Waals surface area contributed by atoms with E-state index in [1.54, 1.807) is 24.3 Å². The van der Waals surface area contributed by atoms with Gasteiger partial charge in [0.15, 0.2) is 15.3 Å². The third-order valence-corrected chi connectivity index (χ3v) is 9.67. The van der Waals surface area contributed by atoms with Crippen molar-refractivity contribution in [3.05, 3.63) is 123 Å². The highest BCUT2D eigenvalue weighted by atomic mass is 32.2. The smallest absolute Gasteiger partial charge is 0.191 e. The second kappa shape index (κ2) is 9.21. The van der Waals surface area contributed by atoms with Crippen LogP contribution in [-0.2, 0) is 21.0 Å². The topological polar surface area (TPSA) is 64.3 Å². The summed E-state index contributed by atoms with van der Waals surface area (Å²) in [6.07, 6.45) is 2.37. The summed E-state index contributed by atoms with van der Waals surface area (Å²) in [4.78, 5) is 13.1. The predicted molar refractivity (Wildman–Crippen MR) is 143 cm³/mol. The van der Waals surface area contributed by atoms with Gasteiger partial charge in [0.05, 0.1) is 4.90 Å². The van der Waals surface area contributed by atoms with E-state index in [-0.39, 0.29) is 22.0 Å². The zero-order valence-corrected chi connectivity index (χ0v) is 21.6. The second-order valence-corrected chi connectivity index (χ2v) is 12.0. The Hall–Kier alpha value is -3.44. The van der Waals surface area contributed by atoms with Gasteiger partial charge in [-0.3, -0.25) is 4.79 Å². The van der Waals surface area contributed by atoms with E-state index < -0.39 is 14.6 Å². The quantitative estimate of drug-likeness (QED) is 0.283. The first-order valence-electron chi connectivity index (χ1n) is 12.4. The summed E-state index contributed by atoms with van der Waals surface area (Å²) in [5.74, 6) is 0.275. The SMILES string of the molecule is CCCc1ccc(-c2cc(=O)cc([C@@]3(S(=O)(=O)c4ccc(C)cc4)C[C@H]3c3ccc(C)cc3)o2)cc1. The monoisotopic (exact) mass is 498 g/mol. The molecule has 4 nitrogen and oxygen atoms in total. The first-order chi connectivity index (χ1) is 17.2. The van der Waals surface area contributed by atoms with Crippen LogP contribution in [0.2, 0.25) is 0 Å². The first kappa shape index (κ1) is 24.3. The van der Waals surface area contributed by atoms with Crippen molar-refractivity contribution in [1.82, 2.24) is 0 Å². The Morgan fingerprint density at radius 1 is 0.861 bits per heavy atom. The van der Waals surface area contributed by atoms with Gasteiger partial charge in [-0.15, -0.1) is 0 Å². The van der Waals surface area contributed by atoms with Crippen molar-refractivity contribution in [3.63, 3.8) is 0 Å². The number of rotatable bonds is 7. The summed E-state index contributed by atoms with van der Waals surface area (Å²) < 4.78 is 33.3. The highest BCUT2D eigenvalue weighted by Crippen LogP contribution is 2.65. The lowest BCUT2D eigenvalue weighted by molar-refractivity contribution is 0.476. The van der Waals surface area contributed by atoms with Gasteiger partial charge in [0.2, 0.25) is 0 Å². The van der Waals surface area contributed by atoms with Gasteiger partial charge >= 0.3 is 0 Å². The third-order valence-electron chi connectivity index (χ3n) is 7.16. The van der Waals surface area contributed by atoms with Gasteiger partial charge in [-0.05, 0) is 49.9 Å². The summed E-state index contributed by atoms with van der Waals surface area (Å²) in [7, 11) is -3.87. The molecule has 3 aromatic carbocycles. The molecule has 1 aliphatic rings. The molecule has 4 aromatic rings. The lowest BCUT2D eigenvalue weighted by Gasteiger charge is -2.19. The fourth-order valence-corrected chi connectivity index (χ4v) is 7.19. The van der Waals surface area contributed by atoms with Crippen LogP contribution < -0.4 is 5.43 Å². The van der Waals surface area contributed by atoms with Gasteiger partial charge < -0.3 is 4.42 Å². The van der Waals surface area contributed by atoms with E-state index in [0.29, 0.717) is 12.2 Å². The number of hydrogen-bond donors (Lipinski definition) is 0. The summed E-state index contributed by atoms with van der Waals surface area (Å²) in [5, 5.41) is 0. The third kappa shape index (κ3) is 4.22. The fraction of sp³-hybridized carbons (Fsp3) is 0.258. The standard InChI is InChI=1S/C31H30O4S/c1-4-5-23-10-14-25(15-11-23)29-18-26(32)19-30(35-29)31(20-28(31)24-12-6-21(2)7-13-24)36(33,34)27-16-8-22(3)9-17-27/h6-19,28H,4-5,20H2,1-3H3/t28-,31+/m0/s1. The van der Waals surface area contributed by atoms with E-state index in [9.17, 15) is 13.2 Å². The summed E-state index contributed by atoms with van der Waals surface area (Å²) in [6, 6.07) is 25.5. The Morgan fingerprint density at radius 3 is 2.08 bits per heavy atom. The molecular formula is C31H30O4S. The molecule has 0 amide bonds. The molecule has 5 heteroatoms. The second-order valence-electron chi connectivity index (χ2n) is 9.84. The van der Waals surface area contributed by atoms with Gasteiger partial charge in [0.1, 0.15) is 16.3 Å². The average Bonchev–Trinajstić information content (AvgIpc) is 3.63. The van der Waals surface area contributed by atoms with Crippen LogP contribution in [0.4, 0.5) is 0 Å². The van der Waals surface area contributed by atoms with Crippen LogP contribution in [0, 0.1) is 13.8 Å². The molecule has 0 unspecified atom stereocenters. The molecule has 0 saturated heterocycles. The maximum absolute atomic E-state index is 14.2. The molecule has 1 aliphatic carbocycles. The minimum absolute atomic E-state index is 0.203. The molecule has 0 spiro atoms. The molecule has 0 bridgehead atoms. The molecule has 1 saturated carbocycles. The maximum atomic E-state index is 14.2. The molecule has 5 rings (SSSR count). The highest BCUT2D eigenvalue weighted by Gasteiger charge is 2.67. The minimum atomic E-state index is -3.87. The zero-order chi connectivity index (χ0) is 25.5. The lowest BCUT2D eigenvalue weighted by Crippen LogP contribution is -2.25. The van der Waals surface area contributed by atoms with Crippen LogP contribution in [0.1, 0.15) is 53.7 Å². The molecule has 0 radical (unpaired) electrons. The predicted octanol–water partition coefficient (Wildman–Crippen LogP) is 6.73. The first-order valence-corrected chi connectivity index (χ1v) is 13.9. The molecular weight excluding hydrogens is 468 g/mol. The van der Waals surface area contributed by atoms with Crippen LogP contribution in [0.15, 0.2) is 99.0 Å². The maximum Gasteiger partial charge on any atom is 0.191 e. The summed E-state index contributed by atoms with van der Waals surface area (Å²) in [6.45, 7) is 6.05. The van der Waals surface area contributed by atoms with Crippen molar-refractivity contribution >= 4 is 9.84 Å². The number of benzene rings is 3. The molecule has 1 aromatic heterocycles. The zero-order valence-electron chi connectivity index (χ0n) is 20.8. The van der Waals surface area contributed by atoms with Crippen LogP contribution >= 0.6 is 0 Å². The summed E-state index contributed by atoms with van der Waals surface area (Å²) in [5.41, 5.74) is 4.70. The van der Waals surface area contributed by atoms with E-state index in [4.69, 9.17) is 4.42 Å². The highest BCUT2D eigenvalue weighted by molar-refractivity contribution is 7.92. The molecule has 1 heterocycles. The Labute approximate surface area is 212 Å². The molecule has 1 fully saturated rings. The van der Waals surface area contributed by atoms with Gasteiger partial charge in [-0.25, -0.2) is 8.42 Å². The Morgan fingerprint density at radius 2 is 1.47 bits per heavy atom. The van der Waals surface area contributed by atoms with Crippen molar-refractivity contribution < 1.29 is 12.8 Å². The van der Waals surface area contributed by atoms with Crippen molar-refractivity contribution in [1.29, 1.82) is 0 Å². The molecule has 0 N–H and O–H groups in total. The summed E-state index contributed by atoms with van der Waals surface area (Å²) >= 11 is 0. The number of sulfone groups is 1. The Kier molecular flexibility index (Phi) is 6.21. The van der Waals surface area contributed by atoms with Crippen LogP contribution in [0.5, 0.6) is 0 Å². The van der Waals surface area contributed by atoms with Crippen LogP contribution in [0.3, 0.4) is 0 Å². The Bertz CT molecular complexity index is 1550. The molecule has 36 heavy (non-hydrogen) atoms. The van der Waals surface area contributed by atoms with Crippen molar-refractivity contribution in [3.8, 4) is 11.3 Å². The largest absolute Gasteiger partial charge is 0.459 e. The van der Waals surface area contributed by atoms with Crippen LogP contribution in [0.25, 0.3) is 11.3 Å². The number of hydrogen-bond acceptors (Lipinski definition) is 4. The molecule has 184 valence electrons. The van der Waals surface area contributed by atoms with Crippen LogP contribution in [-0.4, -0.2) is 8.42 Å². The normalized spacial score (nSPS) is 19.2. The lowest BCUT2D eigenvalue weighted by atomic mass is 10.0.